The number of hydrogen-bond acceptors (Lipinski definition) is 0. The first-order valence-corrected chi connectivity index (χ1v) is 44.6. The van der Waals surface area contributed by atoms with Crippen LogP contribution in [0.4, 0.5) is 0 Å². The Balaban J connectivity index is 0.000000240. The van der Waals surface area contributed by atoms with Crippen LogP contribution in [-0.2, 0) is 40.1 Å². The van der Waals surface area contributed by atoms with E-state index in [2.05, 4.69) is 253 Å². The van der Waals surface area contributed by atoms with Gasteiger partial charge in [0.15, 0.2) is 0 Å². The summed E-state index contributed by atoms with van der Waals surface area (Å²) in [5.41, 5.74) is 5.63. The maximum atomic E-state index is 2.47. The number of halogens is 2. The molecule has 0 nitrogen and oxygen atoms in total. The summed E-state index contributed by atoms with van der Waals surface area (Å²) in [7, 11) is 0. The van der Waals surface area contributed by atoms with Crippen LogP contribution in [0.5, 0.6) is 0 Å². The van der Waals surface area contributed by atoms with Gasteiger partial charge >= 0.3 is 408 Å². The second kappa shape index (κ2) is 23.0. The first kappa shape index (κ1) is 54.5. The molecular formula is C60H74Cl2Hf2Si2. The zero-order chi connectivity index (χ0) is 45.9. The Morgan fingerprint density at radius 1 is 0.303 bits per heavy atom. The topological polar surface area (TPSA) is 0 Å². The van der Waals surface area contributed by atoms with E-state index < -0.39 is 51.1 Å². The van der Waals surface area contributed by atoms with Gasteiger partial charge in [0, 0.05) is 0 Å². The third-order valence-corrected chi connectivity index (χ3v) is 66.1. The third kappa shape index (κ3) is 12.7. The summed E-state index contributed by atoms with van der Waals surface area (Å²) in [6.07, 6.45) is 24.4. The van der Waals surface area contributed by atoms with E-state index in [9.17, 15) is 0 Å². The zero-order valence-corrected chi connectivity index (χ0v) is 52.6. The van der Waals surface area contributed by atoms with Gasteiger partial charge < -0.3 is 0 Å². The number of allylic oxidation sites excluding steroid dienone is 16. The van der Waals surface area contributed by atoms with Gasteiger partial charge in [0.25, 0.3) is 0 Å². The van der Waals surface area contributed by atoms with E-state index in [1.54, 1.807) is 43.0 Å². The van der Waals surface area contributed by atoms with Crippen LogP contribution in [0.15, 0.2) is 206 Å². The molecule has 0 N–H and O–H groups in total. The molecular weight excluding hydrogens is 1200 g/mol. The molecule has 0 bridgehead atoms. The minimum absolute atomic E-state index is 0. The molecule has 0 fully saturated rings. The summed E-state index contributed by atoms with van der Waals surface area (Å²) in [5.74, 6) is 0. The van der Waals surface area contributed by atoms with Crippen molar-refractivity contribution < 1.29 is 40.1 Å². The Kier molecular flexibility index (Phi) is 19.0. The Hall–Kier alpha value is -2.45. The van der Waals surface area contributed by atoms with Crippen molar-refractivity contribution in [2.45, 2.75) is 109 Å². The summed E-state index contributed by atoms with van der Waals surface area (Å²) in [4.78, 5) is 0. The van der Waals surface area contributed by atoms with Crippen LogP contribution in [-0.4, -0.2) is 11.0 Å². The summed E-state index contributed by atoms with van der Waals surface area (Å²) >= 11 is -5.04. The molecule has 6 heteroatoms. The molecule has 4 aromatic carbocycles. The van der Waals surface area contributed by atoms with Crippen LogP contribution in [0.25, 0.3) is 0 Å². The molecule has 4 aliphatic rings. The van der Waals surface area contributed by atoms with Gasteiger partial charge in [-0.15, -0.1) is 24.8 Å². The molecule has 0 saturated heterocycles. The molecule has 0 heterocycles. The molecule has 0 aromatic heterocycles. The molecule has 0 unspecified atom stereocenters. The van der Waals surface area contributed by atoms with Crippen molar-refractivity contribution in [1.82, 2.24) is 0 Å². The van der Waals surface area contributed by atoms with Gasteiger partial charge in [0.05, 0.1) is 0 Å². The first-order chi connectivity index (χ1) is 30.4. The van der Waals surface area contributed by atoms with Gasteiger partial charge in [0.1, 0.15) is 0 Å². The van der Waals surface area contributed by atoms with Crippen molar-refractivity contribution >= 4 is 56.6 Å². The average molecular weight is 1280 g/mol. The molecule has 344 valence electrons. The van der Waals surface area contributed by atoms with Crippen molar-refractivity contribution in [2.75, 3.05) is 0 Å². The van der Waals surface area contributed by atoms with Gasteiger partial charge in [-0.3, -0.25) is 0 Å². The largest absolute Gasteiger partial charge is 0.147 e. The van der Waals surface area contributed by atoms with Gasteiger partial charge in [-0.2, -0.15) is 0 Å². The fourth-order valence-corrected chi connectivity index (χ4v) is 73.3. The SMILES string of the molecule is CC(C)(C)C1=[C]([Hf]([C]2=C(C(C)(C)C)C=CC2)=[Si](c2ccccc2)c2ccccc2)CC=C1.CC(C)(C)C1=[C]([Hf]([C]2=C(C(C)(C)C)C=CC2)=[Si](c2ccccc2)c2ccccc2)CC=C1.Cl.Cl. The summed E-state index contributed by atoms with van der Waals surface area (Å²) < 4.78 is 7.46. The molecule has 0 amide bonds. The van der Waals surface area contributed by atoms with E-state index >= 15 is 0 Å². The molecule has 66 heavy (non-hydrogen) atoms. The van der Waals surface area contributed by atoms with Crippen LogP contribution in [0.3, 0.4) is 0 Å². The van der Waals surface area contributed by atoms with E-state index in [-0.39, 0.29) is 46.5 Å². The van der Waals surface area contributed by atoms with E-state index in [0.29, 0.717) is 0 Å². The van der Waals surface area contributed by atoms with Crippen molar-refractivity contribution in [3.8, 4) is 0 Å². The number of rotatable bonds is 8. The molecule has 0 aliphatic heterocycles. The Labute approximate surface area is 428 Å². The van der Waals surface area contributed by atoms with Crippen molar-refractivity contribution in [3.63, 3.8) is 0 Å². The molecule has 4 aromatic rings. The number of hydrogen-bond donors (Lipinski definition) is 0. The first-order valence-electron chi connectivity index (χ1n) is 23.7. The quantitative estimate of drug-likeness (QED) is 0.154. The van der Waals surface area contributed by atoms with Gasteiger partial charge in [-0.25, -0.2) is 0 Å². The summed E-state index contributed by atoms with van der Waals surface area (Å²) in [6, 6.07) is 46.1. The van der Waals surface area contributed by atoms with Gasteiger partial charge in [-0.05, 0) is 0 Å². The monoisotopic (exact) mass is 1280 g/mol. The average Bonchev–Trinajstić information content (AvgIpc) is 4.10. The van der Waals surface area contributed by atoms with Crippen LogP contribution >= 0.6 is 24.8 Å². The molecule has 0 saturated carbocycles. The van der Waals surface area contributed by atoms with Crippen molar-refractivity contribution in [1.29, 1.82) is 0 Å². The summed E-state index contributed by atoms with van der Waals surface area (Å²) in [6.45, 7) is 28.9. The minimum atomic E-state index is -2.52. The van der Waals surface area contributed by atoms with E-state index in [4.69, 9.17) is 0 Å². The van der Waals surface area contributed by atoms with Gasteiger partial charge in [-0.1, -0.05) is 0 Å². The second-order valence-electron chi connectivity index (χ2n) is 22.0. The van der Waals surface area contributed by atoms with Gasteiger partial charge in [0.2, 0.25) is 0 Å². The minimum Gasteiger partial charge on any atom is -0.147 e. The van der Waals surface area contributed by atoms with Crippen LogP contribution in [0.1, 0.15) is 109 Å². The standard InChI is InChI=1S/2C12H10Si.4C9H13.2ClH.2Hf/c2*1-3-7-11(8-4-1)13-12-9-5-2-6-10-12;4*1-9(2,3)8-6-4-5-7-8;;;;/h2*1-10H;4*4,6H,5H2,1-3H3;2*1H;;. The Morgan fingerprint density at radius 3 is 0.652 bits per heavy atom. The maximum absolute atomic E-state index is 2.52. The fraction of sp³-hybridized carbons (Fsp3) is 0.333. The molecule has 8 rings (SSSR count). The molecule has 0 atom stereocenters. The zero-order valence-electron chi connectivity index (χ0n) is 41.8. The normalized spacial score (nSPS) is 15.8. The van der Waals surface area contributed by atoms with Crippen molar-refractivity contribution in [2.24, 2.45) is 21.7 Å². The molecule has 4 aliphatic carbocycles. The molecule has 0 spiro atoms. The van der Waals surface area contributed by atoms with Crippen LogP contribution in [0.2, 0.25) is 0 Å². The van der Waals surface area contributed by atoms with Crippen LogP contribution in [0, 0.1) is 21.7 Å². The Morgan fingerprint density at radius 2 is 0.485 bits per heavy atom. The van der Waals surface area contributed by atoms with E-state index in [0.717, 1.165) is 0 Å². The van der Waals surface area contributed by atoms with E-state index in [1.807, 2.05) is 13.3 Å². The van der Waals surface area contributed by atoms with Crippen molar-refractivity contribution in [3.05, 3.63) is 206 Å². The predicted octanol–water partition coefficient (Wildman–Crippen LogP) is 14.7. The maximum Gasteiger partial charge on any atom is -0.147 e. The van der Waals surface area contributed by atoms with Crippen LogP contribution < -0.4 is 20.7 Å². The molecule has 0 radical (unpaired) electrons. The fourth-order valence-electron chi connectivity index (χ4n) is 10.1. The Bertz CT molecular complexity index is 2310. The smallest absolute Gasteiger partial charge is 0.147 e. The van der Waals surface area contributed by atoms with E-state index in [1.165, 1.54) is 25.7 Å². The third-order valence-electron chi connectivity index (χ3n) is 12.9. The predicted molar refractivity (Wildman–Crippen MR) is 291 cm³/mol. The summed E-state index contributed by atoms with van der Waals surface area (Å²) in [5, 5.41) is 6.41. The number of benzene rings is 4. The second-order valence-corrected chi connectivity index (χ2v) is 58.8.